The molecule has 6 nitrogen and oxygen atoms in total. The third-order valence-corrected chi connectivity index (χ3v) is 10.0. The maximum absolute atomic E-state index is 12.4. The summed E-state index contributed by atoms with van der Waals surface area (Å²) >= 11 is 0. The molecular weight excluding hydrogens is 576 g/mol. The zero-order valence-corrected chi connectivity index (χ0v) is 26.9. The van der Waals surface area contributed by atoms with Gasteiger partial charge in [-0.2, -0.15) is 0 Å². The van der Waals surface area contributed by atoms with Crippen molar-refractivity contribution in [3.8, 4) is 28.7 Å². The summed E-state index contributed by atoms with van der Waals surface area (Å²) in [5.41, 5.74) is 6.52. The van der Waals surface area contributed by atoms with Crippen LogP contribution in [0.4, 0.5) is 0 Å². The molecule has 0 bridgehead atoms. The molecule has 3 aromatic carbocycles. The van der Waals surface area contributed by atoms with E-state index < -0.39 is 0 Å². The molecule has 0 radical (unpaired) electrons. The molecule has 0 heterocycles. The second kappa shape index (κ2) is 13.7. The number of carbonyl (C=O) groups is 1. The maximum Gasteiger partial charge on any atom is 0.160 e. The van der Waals surface area contributed by atoms with Crippen molar-refractivity contribution in [3.05, 3.63) is 126 Å². The van der Waals surface area contributed by atoms with Crippen molar-refractivity contribution in [1.29, 1.82) is 0 Å². The van der Waals surface area contributed by atoms with E-state index in [1.807, 2.05) is 36.4 Å². The first kappa shape index (κ1) is 32.7. The zero-order chi connectivity index (χ0) is 33.1. The van der Waals surface area contributed by atoms with Crippen LogP contribution in [0.25, 0.3) is 0 Å². The summed E-state index contributed by atoms with van der Waals surface area (Å²) in [7, 11) is 3.07. The van der Waals surface area contributed by atoms with E-state index in [9.17, 15) is 20.1 Å². The number of ether oxygens (including phenoxy) is 2. The summed E-state index contributed by atoms with van der Waals surface area (Å²) < 4.78 is 10.2. The highest BCUT2D eigenvalue weighted by atomic mass is 16.5. The molecule has 6 heteroatoms. The van der Waals surface area contributed by atoms with Crippen LogP contribution in [-0.4, -0.2) is 35.3 Å². The molecule has 0 aliphatic heterocycles. The molecule has 1 saturated carbocycles. The van der Waals surface area contributed by atoms with Crippen LogP contribution >= 0.6 is 0 Å². The van der Waals surface area contributed by atoms with E-state index in [1.54, 1.807) is 36.4 Å². The molecule has 1 fully saturated rings. The fraction of sp³-hybridized carbons (Fsp3) is 0.325. The Hall–Kier alpha value is -4.71. The van der Waals surface area contributed by atoms with Crippen LogP contribution in [0.3, 0.4) is 0 Å². The Morgan fingerprint density at radius 1 is 0.783 bits per heavy atom. The van der Waals surface area contributed by atoms with Gasteiger partial charge in [-0.15, -0.1) is 13.2 Å². The first-order valence-corrected chi connectivity index (χ1v) is 15.8. The predicted molar refractivity (Wildman–Crippen MR) is 182 cm³/mol. The zero-order valence-electron chi connectivity index (χ0n) is 26.9. The lowest BCUT2D eigenvalue weighted by molar-refractivity contribution is -0.120. The molecule has 0 saturated heterocycles. The Labute approximate surface area is 272 Å². The maximum atomic E-state index is 12.4. The van der Waals surface area contributed by atoms with Crippen LogP contribution in [-0.2, 0) is 17.6 Å². The summed E-state index contributed by atoms with van der Waals surface area (Å²) in [5, 5.41) is 30.3. The minimum atomic E-state index is -0.0280. The normalized spacial score (nSPS) is 24.4. The fourth-order valence-electron chi connectivity index (χ4n) is 7.89. The Morgan fingerprint density at radius 2 is 1.41 bits per heavy atom. The molecular formula is C40H44O6. The minimum absolute atomic E-state index is 0.0280. The number of methoxy groups -OCH3 is 2. The highest BCUT2D eigenvalue weighted by molar-refractivity contribution is 5.94. The van der Waals surface area contributed by atoms with Crippen molar-refractivity contribution in [1.82, 2.24) is 0 Å². The van der Waals surface area contributed by atoms with Crippen LogP contribution in [0.15, 0.2) is 98.1 Å². The van der Waals surface area contributed by atoms with Crippen molar-refractivity contribution in [2.24, 2.45) is 23.7 Å². The van der Waals surface area contributed by atoms with Crippen molar-refractivity contribution < 1.29 is 29.6 Å². The van der Waals surface area contributed by atoms with Gasteiger partial charge in [0.25, 0.3) is 0 Å². The van der Waals surface area contributed by atoms with Crippen LogP contribution < -0.4 is 9.47 Å². The summed E-state index contributed by atoms with van der Waals surface area (Å²) in [5.74, 6) is 2.94. The second-order valence-corrected chi connectivity index (χ2v) is 12.7. The number of ketones is 1. The van der Waals surface area contributed by atoms with E-state index in [0.29, 0.717) is 23.2 Å². The first-order valence-electron chi connectivity index (χ1n) is 15.8. The monoisotopic (exact) mass is 620 g/mol. The van der Waals surface area contributed by atoms with E-state index in [1.165, 1.54) is 25.3 Å². The number of aryl methyl sites for hydroxylation is 1. The number of hydrogen-bond acceptors (Lipinski definition) is 6. The highest BCUT2D eigenvalue weighted by Gasteiger charge is 2.47. The summed E-state index contributed by atoms with van der Waals surface area (Å²) in [6.07, 6.45) is 10.8. The number of phenols is 3. The summed E-state index contributed by atoms with van der Waals surface area (Å²) in [4.78, 5) is 12.4. The Morgan fingerprint density at radius 3 is 1.98 bits per heavy atom. The summed E-state index contributed by atoms with van der Waals surface area (Å²) in [6.45, 7) is 14.1. The van der Waals surface area contributed by atoms with E-state index in [2.05, 4.69) is 26.7 Å². The van der Waals surface area contributed by atoms with Crippen molar-refractivity contribution in [2.75, 3.05) is 14.2 Å². The average molecular weight is 621 g/mol. The van der Waals surface area contributed by atoms with Gasteiger partial charge in [-0.05, 0) is 115 Å². The standard InChI is InChI=1S/2C20H22O3/c2*1-4-14-11-15(20-16(21)7-5-12(2)19(14)20)9-13-6-8-18(23-3)17(22)10-13/h4-8,10,14-15,21-22H,1,9,11H2,2-3H3;4-8,10,14-15,19-20,22H,1-2,9,11H2,3H3. The highest BCUT2D eigenvalue weighted by Crippen LogP contribution is 2.50. The smallest absolute Gasteiger partial charge is 0.160 e. The molecule has 3 aromatic rings. The number of fused-ring (bicyclic) bond motifs is 2. The van der Waals surface area contributed by atoms with E-state index in [-0.39, 0.29) is 46.9 Å². The Kier molecular flexibility index (Phi) is 9.76. The molecule has 0 aromatic heterocycles. The molecule has 0 spiro atoms. The largest absolute Gasteiger partial charge is 0.508 e. The fourth-order valence-corrected chi connectivity index (χ4v) is 7.89. The molecule has 46 heavy (non-hydrogen) atoms. The number of hydrogen-bond donors (Lipinski definition) is 3. The van der Waals surface area contributed by atoms with Crippen molar-refractivity contribution >= 4 is 5.78 Å². The molecule has 6 atom stereocenters. The van der Waals surface area contributed by atoms with Gasteiger partial charge in [-0.25, -0.2) is 0 Å². The average Bonchev–Trinajstić information content (AvgIpc) is 3.61. The number of allylic oxidation sites excluding steroid dienone is 5. The number of aromatic hydroxyl groups is 3. The van der Waals surface area contributed by atoms with E-state index >= 15 is 0 Å². The van der Waals surface area contributed by atoms with Gasteiger partial charge in [0.05, 0.1) is 14.2 Å². The first-order chi connectivity index (χ1) is 22.1. The second-order valence-electron chi connectivity index (χ2n) is 12.7. The molecule has 3 aliphatic rings. The number of benzene rings is 3. The van der Waals surface area contributed by atoms with Gasteiger partial charge in [0.2, 0.25) is 0 Å². The molecule has 3 N–H and O–H groups in total. The quantitative estimate of drug-likeness (QED) is 0.220. The van der Waals surface area contributed by atoms with Gasteiger partial charge in [0, 0.05) is 17.4 Å². The van der Waals surface area contributed by atoms with Crippen LogP contribution in [0, 0.1) is 30.6 Å². The topological polar surface area (TPSA) is 96.2 Å². The summed E-state index contributed by atoms with van der Waals surface area (Å²) in [6, 6.07) is 14.7. The number of carbonyl (C=O) groups excluding carboxylic acids is 1. The van der Waals surface area contributed by atoms with Gasteiger partial charge in [-0.3, -0.25) is 4.79 Å². The Bertz CT molecular complexity index is 1680. The van der Waals surface area contributed by atoms with Crippen molar-refractivity contribution in [3.63, 3.8) is 0 Å². The Balaban J connectivity index is 0.000000181. The molecule has 3 aliphatic carbocycles. The third kappa shape index (κ3) is 6.34. The lowest BCUT2D eigenvalue weighted by atomic mass is 9.75. The van der Waals surface area contributed by atoms with Crippen molar-refractivity contribution in [2.45, 2.75) is 44.4 Å². The lowest BCUT2D eigenvalue weighted by Crippen LogP contribution is -2.29. The van der Waals surface area contributed by atoms with Crippen LogP contribution in [0.5, 0.6) is 28.7 Å². The van der Waals surface area contributed by atoms with Gasteiger partial charge in [-0.1, -0.05) is 48.6 Å². The van der Waals surface area contributed by atoms with Gasteiger partial charge in [0.15, 0.2) is 28.8 Å². The van der Waals surface area contributed by atoms with E-state index in [4.69, 9.17) is 9.47 Å². The minimum Gasteiger partial charge on any atom is -0.508 e. The molecule has 6 unspecified atom stereocenters. The lowest BCUT2D eigenvalue weighted by Gasteiger charge is -2.28. The molecule has 0 amide bonds. The van der Waals surface area contributed by atoms with Crippen LogP contribution in [0.2, 0.25) is 0 Å². The number of rotatable bonds is 8. The van der Waals surface area contributed by atoms with E-state index in [0.717, 1.165) is 47.9 Å². The molecule has 240 valence electrons. The number of phenolic OH excluding ortho intramolecular Hbond substituents is 3. The third-order valence-electron chi connectivity index (χ3n) is 10.0. The van der Waals surface area contributed by atoms with Crippen LogP contribution in [0.1, 0.15) is 52.5 Å². The van der Waals surface area contributed by atoms with Gasteiger partial charge < -0.3 is 24.8 Å². The van der Waals surface area contributed by atoms with Gasteiger partial charge in [0.1, 0.15) is 5.75 Å². The SMILES string of the molecule is C=CC1CC(Cc2ccc(OC)c(O)c2)C2C(=O)C=CC(=C)C12.C=CC1CC(Cc2ccc(OC)c(O)c2)c2c(O)ccc(C)c21. The molecule has 6 rings (SSSR count). The predicted octanol–water partition coefficient (Wildman–Crippen LogP) is 8.11. The van der Waals surface area contributed by atoms with Gasteiger partial charge >= 0.3 is 0 Å².